The van der Waals surface area contributed by atoms with Crippen molar-refractivity contribution in [1.29, 1.82) is 0 Å². The van der Waals surface area contributed by atoms with Gasteiger partial charge in [0.25, 0.3) is 5.56 Å². The number of hydrogen-bond acceptors (Lipinski definition) is 4. The Hall–Kier alpha value is -0.620. The molecule has 0 fully saturated rings. The number of aromatic amines is 2. The molecule has 0 spiro atoms. The second-order valence-electron chi connectivity index (χ2n) is 2.06. The zero-order valence-electron chi connectivity index (χ0n) is 5.34. The van der Waals surface area contributed by atoms with Crippen LogP contribution in [0.25, 0.3) is 0 Å². The number of hydrogen-bond donors (Lipinski definition) is 2. The maximum Gasteiger partial charge on any atom is 0.325 e. The van der Waals surface area contributed by atoms with Gasteiger partial charge >= 0.3 is 5.69 Å². The third-order valence-electron chi connectivity index (χ3n) is 1.32. The molecule has 11 heavy (non-hydrogen) atoms. The summed E-state index contributed by atoms with van der Waals surface area (Å²) in [6.45, 7) is 0. The maximum atomic E-state index is 11.0. The van der Waals surface area contributed by atoms with Gasteiger partial charge in [-0.2, -0.15) is 0 Å². The number of rotatable bonds is 0. The topological polar surface area (TPSA) is 65.7 Å². The van der Waals surface area contributed by atoms with Crippen LogP contribution in [0.4, 0.5) is 0 Å². The fraction of sp³-hybridized carbons (Fsp3) is 0.200. The van der Waals surface area contributed by atoms with Gasteiger partial charge in [0.15, 0.2) is 0 Å². The second-order valence-corrected chi connectivity index (χ2v) is 4.37. The lowest BCUT2D eigenvalue weighted by Gasteiger charge is -1.91. The molecule has 0 unspecified atom stereocenters. The monoisotopic (exact) mass is 188 g/mol. The quantitative estimate of drug-likeness (QED) is 0.575. The molecule has 0 saturated carbocycles. The Kier molecular flexibility index (Phi) is 1.57. The van der Waals surface area contributed by atoms with Crippen LogP contribution in [0.2, 0.25) is 0 Å². The van der Waals surface area contributed by atoms with E-state index in [0.717, 1.165) is 5.69 Å². The summed E-state index contributed by atoms with van der Waals surface area (Å²) in [6.07, 6.45) is 0. The molecule has 0 radical (unpaired) electrons. The Labute approximate surface area is 69.2 Å². The summed E-state index contributed by atoms with van der Waals surface area (Å²) in [5.74, 6) is 0.708. The first kappa shape index (κ1) is 7.05. The average molecular weight is 188 g/mol. The molecule has 4 nitrogen and oxygen atoms in total. The smallest absolute Gasteiger partial charge is 0.309 e. The highest BCUT2D eigenvalue weighted by Gasteiger charge is 2.16. The van der Waals surface area contributed by atoms with E-state index < -0.39 is 5.69 Å². The third kappa shape index (κ3) is 1.12. The van der Waals surface area contributed by atoms with Gasteiger partial charge in [0.1, 0.15) is 4.90 Å². The zero-order chi connectivity index (χ0) is 7.84. The molecule has 1 aliphatic heterocycles. The van der Waals surface area contributed by atoms with Crippen LogP contribution >= 0.6 is 21.6 Å². The van der Waals surface area contributed by atoms with Crippen molar-refractivity contribution in [1.82, 2.24) is 9.97 Å². The van der Waals surface area contributed by atoms with Gasteiger partial charge in [0, 0.05) is 5.75 Å². The fourth-order valence-electron chi connectivity index (χ4n) is 0.859. The van der Waals surface area contributed by atoms with Crippen molar-refractivity contribution in [2.24, 2.45) is 0 Å². The van der Waals surface area contributed by atoms with Gasteiger partial charge in [-0.1, -0.05) is 10.8 Å². The van der Waals surface area contributed by atoms with E-state index in [1.807, 2.05) is 0 Å². The van der Waals surface area contributed by atoms with Gasteiger partial charge in [0.05, 0.1) is 5.69 Å². The average Bonchev–Trinajstić information content (AvgIpc) is 2.34. The van der Waals surface area contributed by atoms with E-state index in [1.165, 1.54) is 10.8 Å². The lowest BCUT2D eigenvalue weighted by atomic mass is 10.4. The first-order valence-corrected chi connectivity index (χ1v) is 5.24. The minimum absolute atomic E-state index is 0.279. The highest BCUT2D eigenvalue weighted by molar-refractivity contribution is 8.76. The molecular weight excluding hydrogens is 184 g/mol. The molecule has 2 N–H and O–H groups in total. The van der Waals surface area contributed by atoms with E-state index in [9.17, 15) is 9.59 Å². The van der Waals surface area contributed by atoms with Crippen molar-refractivity contribution in [3.8, 4) is 0 Å². The van der Waals surface area contributed by atoms with E-state index in [0.29, 0.717) is 10.6 Å². The molecule has 0 bridgehead atoms. The number of nitrogens with one attached hydrogen (secondary N) is 2. The number of aromatic nitrogens is 2. The molecule has 1 aromatic rings. The van der Waals surface area contributed by atoms with Crippen LogP contribution in [0.1, 0.15) is 5.69 Å². The molecule has 6 heteroatoms. The summed E-state index contributed by atoms with van der Waals surface area (Å²) >= 11 is 0. The Bertz CT molecular complexity index is 394. The van der Waals surface area contributed by atoms with Gasteiger partial charge in [-0.25, -0.2) is 4.79 Å². The molecule has 58 valence electrons. The molecule has 0 aromatic carbocycles. The molecule has 0 aliphatic carbocycles. The van der Waals surface area contributed by atoms with Gasteiger partial charge in [-0.05, 0) is 10.8 Å². The first-order valence-electron chi connectivity index (χ1n) is 2.92. The largest absolute Gasteiger partial charge is 0.325 e. The van der Waals surface area contributed by atoms with Gasteiger partial charge in [-0.15, -0.1) is 0 Å². The maximum absolute atomic E-state index is 11.0. The van der Waals surface area contributed by atoms with Crippen LogP contribution < -0.4 is 11.2 Å². The van der Waals surface area contributed by atoms with E-state index in [1.54, 1.807) is 10.8 Å². The first-order chi connectivity index (χ1) is 5.27. The third-order valence-corrected chi connectivity index (χ3v) is 3.65. The minimum Gasteiger partial charge on any atom is -0.309 e. The van der Waals surface area contributed by atoms with Crippen LogP contribution in [0.15, 0.2) is 14.5 Å². The van der Waals surface area contributed by atoms with E-state index >= 15 is 0 Å². The Morgan fingerprint density at radius 1 is 1.27 bits per heavy atom. The molecule has 2 heterocycles. The van der Waals surface area contributed by atoms with Gasteiger partial charge in [0.2, 0.25) is 0 Å². The summed E-state index contributed by atoms with van der Waals surface area (Å²) < 4.78 is 0. The highest BCUT2D eigenvalue weighted by atomic mass is 33.1. The number of fused-ring (bicyclic) bond motifs is 1. The van der Waals surface area contributed by atoms with Gasteiger partial charge in [-0.3, -0.25) is 9.78 Å². The van der Waals surface area contributed by atoms with E-state index in [4.69, 9.17) is 0 Å². The summed E-state index contributed by atoms with van der Waals surface area (Å²) in [6, 6.07) is 0. The summed E-state index contributed by atoms with van der Waals surface area (Å²) in [5.41, 5.74) is 0.0457. The Morgan fingerprint density at radius 3 is 2.91 bits per heavy atom. The summed E-state index contributed by atoms with van der Waals surface area (Å²) in [4.78, 5) is 27.1. The number of H-pyrrole nitrogens is 2. The van der Waals surface area contributed by atoms with Crippen molar-refractivity contribution in [2.75, 3.05) is 0 Å². The minimum atomic E-state index is -0.420. The predicted molar refractivity (Wildman–Crippen MR) is 44.8 cm³/mol. The summed E-state index contributed by atoms with van der Waals surface area (Å²) in [7, 11) is 2.96. The highest BCUT2D eigenvalue weighted by Crippen LogP contribution is 2.39. The Balaban J connectivity index is 2.80. The molecule has 1 aliphatic rings. The molecule has 0 saturated heterocycles. The molecule has 2 rings (SSSR count). The molecule has 1 aromatic heterocycles. The normalized spacial score (nSPS) is 14.9. The lowest BCUT2D eigenvalue weighted by Crippen LogP contribution is -2.24. The molecule has 0 atom stereocenters. The lowest BCUT2D eigenvalue weighted by molar-refractivity contribution is 0.928. The van der Waals surface area contributed by atoms with Crippen LogP contribution in [-0.2, 0) is 5.75 Å². The second kappa shape index (κ2) is 2.46. The van der Waals surface area contributed by atoms with Crippen LogP contribution in [0.5, 0.6) is 0 Å². The van der Waals surface area contributed by atoms with Crippen molar-refractivity contribution in [2.45, 2.75) is 10.6 Å². The van der Waals surface area contributed by atoms with Crippen molar-refractivity contribution >= 4 is 21.6 Å². The van der Waals surface area contributed by atoms with Crippen molar-refractivity contribution in [3.63, 3.8) is 0 Å². The fourth-order valence-corrected chi connectivity index (χ4v) is 3.22. The Morgan fingerprint density at radius 2 is 2.09 bits per heavy atom. The van der Waals surface area contributed by atoms with Gasteiger partial charge < -0.3 is 4.98 Å². The summed E-state index contributed by atoms with van der Waals surface area (Å²) in [5, 5.41) is 0. The van der Waals surface area contributed by atoms with Crippen molar-refractivity contribution < 1.29 is 0 Å². The van der Waals surface area contributed by atoms with Crippen molar-refractivity contribution in [3.05, 3.63) is 26.5 Å². The molecule has 0 amide bonds. The predicted octanol–water partition coefficient (Wildman–Crippen LogP) is 0.317. The van der Waals surface area contributed by atoms with E-state index in [2.05, 4.69) is 9.97 Å². The van der Waals surface area contributed by atoms with Crippen LogP contribution in [0, 0.1) is 0 Å². The van der Waals surface area contributed by atoms with Crippen LogP contribution in [0.3, 0.4) is 0 Å². The zero-order valence-corrected chi connectivity index (χ0v) is 6.97. The standard InChI is InChI=1S/C5H4N2O2S2/c8-4-3-2(1-10-11-3)6-5(9)7-4/h1H2,(H2,6,7,8,9). The van der Waals surface area contributed by atoms with Crippen LogP contribution in [-0.4, -0.2) is 9.97 Å². The SMILES string of the molecule is O=c1[nH]c2c(c(=O)[nH]1)SSC2. The molecular formula is C5H4N2O2S2. The van der Waals surface area contributed by atoms with E-state index in [-0.39, 0.29) is 5.56 Å².